The molecule has 0 spiro atoms. The van der Waals surface area contributed by atoms with Gasteiger partial charge in [-0.15, -0.1) is 0 Å². The lowest BCUT2D eigenvalue weighted by Crippen LogP contribution is -2.10. The Labute approximate surface area is 115 Å². The highest BCUT2D eigenvalue weighted by Gasteiger charge is 2.26. The average Bonchev–Trinajstić information content (AvgIpc) is 3.30. The van der Waals surface area contributed by atoms with E-state index < -0.39 is 0 Å². The summed E-state index contributed by atoms with van der Waals surface area (Å²) in [7, 11) is 0. The average molecular weight is 263 g/mol. The quantitative estimate of drug-likeness (QED) is 0.773. The molecule has 1 aliphatic carbocycles. The minimum atomic E-state index is -0.105. The van der Waals surface area contributed by atoms with E-state index >= 15 is 0 Å². The van der Waals surface area contributed by atoms with Gasteiger partial charge in [0.15, 0.2) is 5.82 Å². The molecule has 1 N–H and O–H groups in total. The number of nitrogens with one attached hydrogen (secondary N) is 1. The van der Waals surface area contributed by atoms with Gasteiger partial charge >= 0.3 is 0 Å². The van der Waals surface area contributed by atoms with Crippen molar-refractivity contribution in [1.82, 2.24) is 15.0 Å². The summed E-state index contributed by atoms with van der Waals surface area (Å²) in [6.45, 7) is 0. The second-order valence-electron chi connectivity index (χ2n) is 5.17. The monoisotopic (exact) mass is 263 g/mol. The predicted molar refractivity (Wildman–Crippen MR) is 77.6 cm³/mol. The molecule has 0 atom stereocenters. The fourth-order valence-corrected chi connectivity index (χ4v) is 2.49. The van der Waals surface area contributed by atoms with E-state index in [9.17, 15) is 4.79 Å². The minimum Gasteiger partial charge on any atom is -0.305 e. The van der Waals surface area contributed by atoms with Gasteiger partial charge in [0.05, 0.1) is 5.69 Å². The number of pyridine rings is 1. The zero-order valence-electron chi connectivity index (χ0n) is 10.8. The number of aromatic amines is 1. The Morgan fingerprint density at radius 3 is 2.85 bits per heavy atom. The van der Waals surface area contributed by atoms with Crippen LogP contribution in [-0.4, -0.2) is 15.0 Å². The molecule has 0 saturated heterocycles. The molecule has 1 saturated carbocycles. The number of fused-ring (bicyclic) bond motifs is 1. The Morgan fingerprint density at radius 2 is 2.00 bits per heavy atom. The molecule has 3 aromatic rings. The van der Waals surface area contributed by atoms with Crippen LogP contribution in [0.1, 0.15) is 24.5 Å². The van der Waals surface area contributed by atoms with Crippen LogP contribution in [-0.2, 0) is 0 Å². The highest BCUT2D eigenvalue weighted by molar-refractivity contribution is 5.92. The van der Waals surface area contributed by atoms with Gasteiger partial charge < -0.3 is 4.98 Å². The van der Waals surface area contributed by atoms with Gasteiger partial charge in [-0.2, -0.15) is 0 Å². The maximum atomic E-state index is 11.8. The van der Waals surface area contributed by atoms with E-state index in [0.29, 0.717) is 11.7 Å². The lowest BCUT2D eigenvalue weighted by Gasteiger charge is -2.06. The van der Waals surface area contributed by atoms with Gasteiger partial charge in [0, 0.05) is 23.6 Å². The first-order chi connectivity index (χ1) is 9.81. The molecular weight excluding hydrogens is 250 g/mol. The van der Waals surface area contributed by atoms with Crippen molar-refractivity contribution in [2.75, 3.05) is 0 Å². The summed E-state index contributed by atoms with van der Waals surface area (Å²) in [5.74, 6) is 1.02. The SMILES string of the molecule is O=c1cc(C2CC2)nc(-c2nccc3ccccc23)[nH]1. The van der Waals surface area contributed by atoms with E-state index in [0.717, 1.165) is 35.0 Å². The van der Waals surface area contributed by atoms with Gasteiger partial charge in [0.1, 0.15) is 5.69 Å². The fraction of sp³-hybridized carbons (Fsp3) is 0.188. The highest BCUT2D eigenvalue weighted by atomic mass is 16.1. The summed E-state index contributed by atoms with van der Waals surface area (Å²) in [5, 5.41) is 2.10. The smallest absolute Gasteiger partial charge is 0.251 e. The molecule has 1 fully saturated rings. The Balaban J connectivity index is 1.97. The van der Waals surface area contributed by atoms with E-state index in [4.69, 9.17) is 0 Å². The van der Waals surface area contributed by atoms with Gasteiger partial charge in [-0.25, -0.2) is 4.98 Å². The van der Waals surface area contributed by atoms with Crippen LogP contribution < -0.4 is 5.56 Å². The number of benzene rings is 1. The first-order valence-electron chi connectivity index (χ1n) is 6.77. The molecule has 2 aromatic heterocycles. The van der Waals surface area contributed by atoms with Gasteiger partial charge in [0.25, 0.3) is 5.56 Å². The zero-order valence-corrected chi connectivity index (χ0v) is 10.8. The first kappa shape index (κ1) is 11.3. The molecule has 1 aromatic carbocycles. The molecule has 4 nitrogen and oxygen atoms in total. The van der Waals surface area contributed by atoms with Gasteiger partial charge in [-0.3, -0.25) is 9.78 Å². The largest absolute Gasteiger partial charge is 0.305 e. The number of rotatable bonds is 2. The molecule has 0 aliphatic heterocycles. The van der Waals surface area contributed by atoms with Crippen LogP contribution >= 0.6 is 0 Å². The number of hydrogen-bond acceptors (Lipinski definition) is 3. The lowest BCUT2D eigenvalue weighted by atomic mass is 10.1. The van der Waals surface area contributed by atoms with Crippen molar-refractivity contribution in [2.24, 2.45) is 0 Å². The van der Waals surface area contributed by atoms with Crippen LogP contribution in [0.5, 0.6) is 0 Å². The summed E-state index contributed by atoms with van der Waals surface area (Å²) in [6, 6.07) is 11.6. The molecule has 4 heteroatoms. The summed E-state index contributed by atoms with van der Waals surface area (Å²) >= 11 is 0. The van der Waals surface area contributed by atoms with Crippen LogP contribution in [0, 0.1) is 0 Å². The third-order valence-electron chi connectivity index (χ3n) is 3.66. The van der Waals surface area contributed by atoms with Crippen LogP contribution in [0.25, 0.3) is 22.3 Å². The molecule has 1 aliphatic rings. The molecule has 98 valence electrons. The maximum Gasteiger partial charge on any atom is 0.251 e. The zero-order chi connectivity index (χ0) is 13.5. The fourth-order valence-electron chi connectivity index (χ4n) is 2.49. The maximum absolute atomic E-state index is 11.8. The molecule has 0 unspecified atom stereocenters. The summed E-state index contributed by atoms with van der Waals surface area (Å²) in [6.07, 6.45) is 4.00. The third-order valence-corrected chi connectivity index (χ3v) is 3.66. The van der Waals surface area contributed by atoms with Crippen molar-refractivity contribution in [3.8, 4) is 11.5 Å². The molecule has 0 radical (unpaired) electrons. The predicted octanol–water partition coefficient (Wildman–Crippen LogP) is 2.86. The number of H-pyrrole nitrogens is 1. The van der Waals surface area contributed by atoms with Crippen molar-refractivity contribution < 1.29 is 0 Å². The van der Waals surface area contributed by atoms with Crippen molar-refractivity contribution in [1.29, 1.82) is 0 Å². The molecule has 4 rings (SSSR count). The van der Waals surface area contributed by atoms with Crippen LogP contribution in [0.3, 0.4) is 0 Å². The second-order valence-corrected chi connectivity index (χ2v) is 5.17. The van der Waals surface area contributed by atoms with Crippen LogP contribution in [0.4, 0.5) is 0 Å². The van der Waals surface area contributed by atoms with E-state index in [1.807, 2.05) is 30.3 Å². The first-order valence-corrected chi connectivity index (χ1v) is 6.77. The molecule has 20 heavy (non-hydrogen) atoms. The third kappa shape index (κ3) is 1.90. The van der Waals surface area contributed by atoms with Gasteiger partial charge in [0.2, 0.25) is 0 Å². The molecule has 0 bridgehead atoms. The Kier molecular flexibility index (Phi) is 2.42. The molecule has 0 amide bonds. The summed E-state index contributed by atoms with van der Waals surface area (Å²) in [5.41, 5.74) is 1.52. The van der Waals surface area contributed by atoms with Crippen LogP contribution in [0.15, 0.2) is 47.4 Å². The number of nitrogens with zero attached hydrogens (tertiary/aromatic N) is 2. The van der Waals surface area contributed by atoms with E-state index in [1.54, 1.807) is 12.3 Å². The Bertz CT molecular complexity index is 844. The minimum absolute atomic E-state index is 0.105. The Morgan fingerprint density at radius 1 is 1.15 bits per heavy atom. The van der Waals surface area contributed by atoms with Crippen molar-refractivity contribution in [3.05, 3.63) is 58.6 Å². The van der Waals surface area contributed by atoms with Crippen molar-refractivity contribution >= 4 is 10.8 Å². The van der Waals surface area contributed by atoms with E-state index in [1.165, 1.54) is 0 Å². The molecular formula is C16H13N3O. The normalized spacial score (nSPS) is 14.6. The van der Waals surface area contributed by atoms with Crippen molar-refractivity contribution in [2.45, 2.75) is 18.8 Å². The van der Waals surface area contributed by atoms with Gasteiger partial charge in [-0.1, -0.05) is 24.3 Å². The van der Waals surface area contributed by atoms with E-state index in [-0.39, 0.29) is 5.56 Å². The summed E-state index contributed by atoms with van der Waals surface area (Å²) < 4.78 is 0. The second kappa shape index (κ2) is 4.27. The molecule has 2 heterocycles. The van der Waals surface area contributed by atoms with E-state index in [2.05, 4.69) is 15.0 Å². The number of hydrogen-bond donors (Lipinski definition) is 1. The van der Waals surface area contributed by atoms with Crippen molar-refractivity contribution in [3.63, 3.8) is 0 Å². The van der Waals surface area contributed by atoms with Crippen LogP contribution in [0.2, 0.25) is 0 Å². The summed E-state index contributed by atoms with van der Waals surface area (Å²) in [4.78, 5) is 23.6. The van der Waals surface area contributed by atoms with Gasteiger partial charge in [-0.05, 0) is 24.3 Å². The highest BCUT2D eigenvalue weighted by Crippen LogP contribution is 2.38. The number of aromatic nitrogens is 3. The topological polar surface area (TPSA) is 58.6 Å². The standard InChI is InChI=1S/C16H13N3O/c20-14-9-13(11-5-6-11)18-16(19-14)15-12-4-2-1-3-10(12)7-8-17-15/h1-4,7-9,11H,5-6H2,(H,18,19,20). The lowest BCUT2D eigenvalue weighted by molar-refractivity contribution is 0.972. The Hall–Kier alpha value is -2.49.